The van der Waals surface area contributed by atoms with Crippen LogP contribution >= 0.6 is 0 Å². The lowest BCUT2D eigenvalue weighted by molar-refractivity contribution is -0.292. The molecule has 0 radical (unpaired) electrons. The third kappa shape index (κ3) is 6.59. The highest BCUT2D eigenvalue weighted by molar-refractivity contribution is 5.79. The zero-order valence-corrected chi connectivity index (χ0v) is 30.6. The molecule has 10 aliphatic heterocycles. The van der Waals surface area contributed by atoms with Crippen LogP contribution in [0.25, 0.3) is 0 Å². The molecule has 0 aromatic heterocycles. The van der Waals surface area contributed by atoms with E-state index in [1.54, 1.807) is 0 Å². The summed E-state index contributed by atoms with van der Waals surface area (Å²) >= 11 is 0. The molecule has 0 amide bonds. The lowest BCUT2D eigenvalue weighted by Gasteiger charge is -2.47. The van der Waals surface area contributed by atoms with Crippen molar-refractivity contribution in [1.82, 2.24) is 0 Å². The molecule has 1 spiro atoms. The number of ketones is 1. The van der Waals surface area contributed by atoms with Crippen LogP contribution < -0.4 is 5.73 Å². The first-order chi connectivity index (χ1) is 25.1. The second-order valence-corrected chi connectivity index (χ2v) is 17.6. The van der Waals surface area contributed by atoms with Gasteiger partial charge in [0.1, 0.15) is 36.3 Å². The Hall–Kier alpha value is -1.29. The first-order valence-electron chi connectivity index (χ1n) is 20.3. The van der Waals surface area contributed by atoms with Crippen LogP contribution in [0.1, 0.15) is 90.4 Å². The van der Waals surface area contributed by atoms with Gasteiger partial charge in [0.15, 0.2) is 5.79 Å². The Bertz CT molecular complexity index is 1380. The number of nitrogens with two attached hydrogens (primary N) is 1. The SMILES string of the molecule is C=C1C[C@@H]2CC[C@@]34C[C@H]5O[C@@H]6C(O[C@H]7CCC(CC(=O)C[C@H]8C(C[C@H]9OC(CC[C@@H]1O2)C[C@@H](C)C9=C)O[C@H](C[C@H](O)CN)[C@@H]8CO)O[C@@H]7[C@@H]6O3)C5O4. The van der Waals surface area contributed by atoms with Gasteiger partial charge >= 0.3 is 0 Å². The van der Waals surface area contributed by atoms with Crippen molar-refractivity contribution in [2.75, 3.05) is 13.2 Å². The second kappa shape index (κ2) is 14.3. The van der Waals surface area contributed by atoms with Gasteiger partial charge < -0.3 is 53.8 Å². The van der Waals surface area contributed by atoms with Gasteiger partial charge in [-0.2, -0.15) is 0 Å². The first-order valence-corrected chi connectivity index (χ1v) is 20.3. The summed E-state index contributed by atoms with van der Waals surface area (Å²) < 4.78 is 53.8. The fourth-order valence-corrected chi connectivity index (χ4v) is 11.4. The molecule has 12 nitrogen and oxygen atoms in total. The summed E-state index contributed by atoms with van der Waals surface area (Å²) in [6.07, 6.45) is 4.73. The number of aliphatic hydroxyl groups is 2. The van der Waals surface area contributed by atoms with Crippen molar-refractivity contribution >= 4 is 5.78 Å². The van der Waals surface area contributed by atoms with Crippen molar-refractivity contribution < 1.29 is 52.9 Å². The number of Topliss-reactive ketones (excluding diaryl/α,β-unsaturated/α-hetero) is 1. The topological polar surface area (TPSA) is 157 Å². The summed E-state index contributed by atoms with van der Waals surface area (Å²) in [5.41, 5.74) is 7.96. The predicted molar refractivity (Wildman–Crippen MR) is 186 cm³/mol. The van der Waals surface area contributed by atoms with E-state index < -0.39 is 18.0 Å². The van der Waals surface area contributed by atoms with Crippen LogP contribution in [0.4, 0.5) is 0 Å². The summed E-state index contributed by atoms with van der Waals surface area (Å²) in [5, 5.41) is 21.2. The van der Waals surface area contributed by atoms with Gasteiger partial charge in [-0.1, -0.05) is 20.1 Å². The average Bonchev–Trinajstić information content (AvgIpc) is 3.79. The van der Waals surface area contributed by atoms with Crippen LogP contribution in [0.3, 0.4) is 0 Å². The van der Waals surface area contributed by atoms with Gasteiger partial charge in [0.05, 0.1) is 61.0 Å². The van der Waals surface area contributed by atoms with Crippen molar-refractivity contribution in [3.63, 3.8) is 0 Å². The van der Waals surface area contributed by atoms with Gasteiger partial charge in [-0.15, -0.1) is 0 Å². The Labute approximate surface area is 307 Å². The van der Waals surface area contributed by atoms with Crippen LogP contribution in [0.5, 0.6) is 0 Å². The van der Waals surface area contributed by atoms with Crippen LogP contribution in [-0.4, -0.2) is 126 Å². The Morgan fingerprint density at radius 1 is 0.788 bits per heavy atom. The summed E-state index contributed by atoms with van der Waals surface area (Å²) in [6.45, 7) is 11.0. The molecule has 10 fully saturated rings. The molecule has 0 saturated carbocycles. The van der Waals surface area contributed by atoms with Gasteiger partial charge in [-0.3, -0.25) is 4.79 Å². The zero-order chi connectivity index (χ0) is 35.9. The minimum atomic E-state index is -0.790. The molecule has 52 heavy (non-hydrogen) atoms. The number of aliphatic hydroxyl groups excluding tert-OH is 2. The van der Waals surface area contributed by atoms with Crippen LogP contribution in [0.15, 0.2) is 24.3 Å². The van der Waals surface area contributed by atoms with E-state index in [1.165, 1.54) is 0 Å². The van der Waals surface area contributed by atoms with Gasteiger partial charge in [0.25, 0.3) is 0 Å². The molecule has 0 aromatic rings. The second-order valence-electron chi connectivity index (χ2n) is 17.6. The van der Waals surface area contributed by atoms with E-state index in [2.05, 4.69) is 20.1 Å². The smallest absolute Gasteiger partial charge is 0.172 e. The van der Waals surface area contributed by atoms with Gasteiger partial charge in [-0.05, 0) is 67.9 Å². The molecular formula is C40H59NO11. The average molecular weight is 730 g/mol. The van der Waals surface area contributed by atoms with E-state index in [0.717, 1.165) is 49.7 Å². The maximum atomic E-state index is 14.0. The van der Waals surface area contributed by atoms with Gasteiger partial charge in [0, 0.05) is 57.6 Å². The molecule has 10 heterocycles. The Kier molecular flexibility index (Phi) is 10.0. The number of carbonyl (C=O) groups excluding carboxylic acids is 1. The van der Waals surface area contributed by atoms with Crippen molar-refractivity contribution in [3.05, 3.63) is 24.3 Å². The lowest BCUT2D eigenvalue weighted by Crippen LogP contribution is -2.61. The third-order valence-corrected chi connectivity index (χ3v) is 14.2. The lowest BCUT2D eigenvalue weighted by atomic mass is 9.78. The largest absolute Gasteiger partial charge is 0.396 e. The van der Waals surface area contributed by atoms with Crippen molar-refractivity contribution in [2.45, 2.75) is 188 Å². The van der Waals surface area contributed by atoms with Crippen molar-refractivity contribution in [1.29, 1.82) is 0 Å². The number of rotatable bonds is 4. The van der Waals surface area contributed by atoms with Crippen LogP contribution in [0.2, 0.25) is 0 Å². The Balaban J connectivity index is 0.994. The molecule has 12 bridgehead atoms. The summed E-state index contributed by atoms with van der Waals surface area (Å²) in [6, 6.07) is 0. The molecule has 12 heteroatoms. The van der Waals surface area contributed by atoms with E-state index in [9.17, 15) is 15.0 Å². The summed E-state index contributed by atoms with van der Waals surface area (Å²) in [4.78, 5) is 14.0. The maximum absolute atomic E-state index is 14.0. The number of hydrogen-bond acceptors (Lipinski definition) is 12. The third-order valence-electron chi connectivity index (χ3n) is 14.2. The monoisotopic (exact) mass is 729 g/mol. The molecule has 0 aromatic carbocycles. The highest BCUT2D eigenvalue weighted by Crippen LogP contribution is 2.54. The Morgan fingerprint density at radius 3 is 2.37 bits per heavy atom. The molecule has 10 rings (SSSR count). The quantitative estimate of drug-likeness (QED) is 0.364. The number of hydrogen-bond donors (Lipinski definition) is 3. The number of ether oxygens (including phenoxy) is 8. The predicted octanol–water partition coefficient (Wildman–Crippen LogP) is 3.03. The first kappa shape index (κ1) is 36.4. The zero-order valence-electron chi connectivity index (χ0n) is 30.6. The number of fused-ring (bicyclic) bond motifs is 6. The highest BCUT2D eigenvalue weighted by Gasteiger charge is 2.68. The van der Waals surface area contributed by atoms with Gasteiger partial charge in [0.2, 0.25) is 0 Å². The molecule has 5 unspecified atom stereocenters. The van der Waals surface area contributed by atoms with Crippen molar-refractivity contribution in [3.8, 4) is 0 Å². The minimum absolute atomic E-state index is 0.0270. The molecule has 10 aliphatic rings. The van der Waals surface area contributed by atoms with Gasteiger partial charge in [-0.25, -0.2) is 0 Å². The number of carbonyl (C=O) groups is 1. The van der Waals surface area contributed by atoms with E-state index >= 15 is 0 Å². The molecule has 19 atom stereocenters. The fourth-order valence-electron chi connectivity index (χ4n) is 11.4. The normalized spacial score (nSPS) is 52.4. The molecular weight excluding hydrogens is 670 g/mol. The fraction of sp³-hybridized carbons (Fsp3) is 0.875. The van der Waals surface area contributed by atoms with E-state index in [0.29, 0.717) is 32.1 Å². The summed E-state index contributed by atoms with van der Waals surface area (Å²) in [7, 11) is 0. The maximum Gasteiger partial charge on any atom is 0.172 e. The molecule has 0 aliphatic carbocycles. The minimum Gasteiger partial charge on any atom is -0.396 e. The molecule has 4 N–H and O–H groups in total. The van der Waals surface area contributed by atoms with Crippen molar-refractivity contribution in [2.24, 2.45) is 23.5 Å². The van der Waals surface area contributed by atoms with Crippen LogP contribution in [-0.2, 0) is 42.7 Å². The molecule has 10 saturated heterocycles. The van der Waals surface area contributed by atoms with Crippen LogP contribution in [0, 0.1) is 17.8 Å². The van der Waals surface area contributed by atoms with E-state index in [-0.39, 0.29) is 129 Å². The molecule has 290 valence electrons. The van der Waals surface area contributed by atoms with E-state index in [1.807, 2.05) is 0 Å². The summed E-state index contributed by atoms with van der Waals surface area (Å²) in [5.74, 6) is -1.03. The highest BCUT2D eigenvalue weighted by atomic mass is 16.8. The standard InChI is InChI=1S/C40H59NO11/c1-19-10-24-4-6-29-20(2)11-26(45-29)8-9-40-16-34-36(51-40)37-38(50-34)39(52-40)35-30(49-37)7-5-25(47-35)12-22(43)13-27-28(18-42)32(14-23(44)17-41)48-33(27)15-31(46-24)21(19)3/h19,23-39,42,44H,2-18,41H2,1H3/t19-,23+,24?,25?,26+,27-,28-,29+,30+,31-,32-,33?,34-,35+,36?,37?,38-,39+,40+/m1/s1. The Morgan fingerprint density at radius 2 is 1.54 bits per heavy atom. The van der Waals surface area contributed by atoms with E-state index in [4.69, 9.17) is 43.6 Å².